The lowest BCUT2D eigenvalue weighted by Crippen LogP contribution is -2.29. The van der Waals surface area contributed by atoms with E-state index in [4.69, 9.17) is 16.3 Å². The summed E-state index contributed by atoms with van der Waals surface area (Å²) >= 11 is 0. The maximum absolute atomic E-state index is 5.97. The summed E-state index contributed by atoms with van der Waals surface area (Å²) in [6.45, 7) is 0. The quantitative estimate of drug-likeness (QED) is 0.435. The minimum atomic E-state index is -0.128. The van der Waals surface area contributed by atoms with Gasteiger partial charge in [0, 0.05) is 5.69 Å². The number of para-hydroxylation sites is 1. The van der Waals surface area contributed by atoms with Crippen LogP contribution in [-0.4, -0.2) is 7.11 Å². The fraction of sp³-hybridized carbons (Fsp3) is 0.143. The minimum absolute atomic E-state index is 0.128. The van der Waals surface area contributed by atoms with Crippen LogP contribution in [0, 0.1) is 0 Å². The summed E-state index contributed by atoms with van der Waals surface area (Å²) < 4.78 is 5.14. The van der Waals surface area contributed by atoms with E-state index in [1.165, 1.54) is 0 Å². The van der Waals surface area contributed by atoms with E-state index in [0.29, 0.717) is 0 Å². The zero-order valence-electron chi connectivity index (χ0n) is 10.3. The van der Waals surface area contributed by atoms with Crippen molar-refractivity contribution in [2.45, 2.75) is 6.04 Å². The van der Waals surface area contributed by atoms with Crippen molar-refractivity contribution in [2.24, 2.45) is 5.84 Å². The molecule has 1 unspecified atom stereocenters. The van der Waals surface area contributed by atoms with Crippen LogP contribution in [0.15, 0.2) is 48.5 Å². The van der Waals surface area contributed by atoms with Crippen molar-refractivity contribution in [1.29, 1.82) is 0 Å². The Morgan fingerprint density at radius 2 is 1.72 bits per heavy atom. The third kappa shape index (κ3) is 2.45. The van der Waals surface area contributed by atoms with Gasteiger partial charge in [-0.25, -0.2) is 5.43 Å². The molecule has 0 radical (unpaired) electrons. The molecule has 94 valence electrons. The lowest BCUT2D eigenvalue weighted by Gasteiger charge is -2.18. The predicted octanol–water partition coefficient (Wildman–Crippen LogP) is 1.83. The second kappa shape index (κ2) is 5.53. The first-order chi connectivity index (χ1) is 8.76. The van der Waals surface area contributed by atoms with Crippen molar-refractivity contribution in [3.8, 4) is 5.75 Å². The van der Waals surface area contributed by atoms with E-state index < -0.39 is 0 Å². The SMILES string of the molecule is COc1ccc(C(NN)c2ccccc2N)cc1. The van der Waals surface area contributed by atoms with Crippen LogP contribution in [0.1, 0.15) is 17.2 Å². The molecule has 2 aromatic rings. The van der Waals surface area contributed by atoms with Crippen molar-refractivity contribution < 1.29 is 4.74 Å². The average molecular weight is 243 g/mol. The minimum Gasteiger partial charge on any atom is -0.497 e. The highest BCUT2D eigenvalue weighted by Gasteiger charge is 2.14. The van der Waals surface area contributed by atoms with Gasteiger partial charge in [0.25, 0.3) is 0 Å². The molecule has 0 heterocycles. The molecule has 0 aliphatic rings. The van der Waals surface area contributed by atoms with E-state index in [9.17, 15) is 0 Å². The molecule has 0 fully saturated rings. The lowest BCUT2D eigenvalue weighted by molar-refractivity contribution is 0.414. The number of hydrogen-bond donors (Lipinski definition) is 3. The lowest BCUT2D eigenvalue weighted by atomic mass is 9.98. The molecule has 4 nitrogen and oxygen atoms in total. The first-order valence-corrected chi connectivity index (χ1v) is 5.70. The Morgan fingerprint density at radius 3 is 2.28 bits per heavy atom. The number of hydrazine groups is 1. The molecule has 4 heteroatoms. The van der Waals surface area contributed by atoms with Gasteiger partial charge in [-0.3, -0.25) is 5.84 Å². The van der Waals surface area contributed by atoms with Gasteiger partial charge in [0.1, 0.15) is 5.75 Å². The summed E-state index contributed by atoms with van der Waals surface area (Å²) in [5.74, 6) is 6.45. The monoisotopic (exact) mass is 243 g/mol. The van der Waals surface area contributed by atoms with Crippen LogP contribution in [0.3, 0.4) is 0 Å². The fourth-order valence-corrected chi connectivity index (χ4v) is 1.94. The molecular weight excluding hydrogens is 226 g/mol. The van der Waals surface area contributed by atoms with Gasteiger partial charge in [0.2, 0.25) is 0 Å². The van der Waals surface area contributed by atoms with Crippen molar-refractivity contribution in [3.63, 3.8) is 0 Å². The van der Waals surface area contributed by atoms with Crippen LogP contribution >= 0.6 is 0 Å². The number of nitrogens with one attached hydrogen (secondary N) is 1. The average Bonchev–Trinajstić information content (AvgIpc) is 2.42. The summed E-state index contributed by atoms with van der Waals surface area (Å²) in [4.78, 5) is 0. The van der Waals surface area contributed by atoms with Gasteiger partial charge >= 0.3 is 0 Å². The number of nitrogen functional groups attached to an aromatic ring is 1. The highest BCUT2D eigenvalue weighted by atomic mass is 16.5. The molecule has 0 aromatic heterocycles. The first-order valence-electron chi connectivity index (χ1n) is 5.70. The fourth-order valence-electron chi connectivity index (χ4n) is 1.94. The van der Waals surface area contributed by atoms with Gasteiger partial charge in [0.15, 0.2) is 0 Å². The highest BCUT2D eigenvalue weighted by Crippen LogP contribution is 2.27. The van der Waals surface area contributed by atoms with Gasteiger partial charge in [-0.1, -0.05) is 30.3 Å². The van der Waals surface area contributed by atoms with E-state index in [1.54, 1.807) is 7.11 Å². The summed E-state index contributed by atoms with van der Waals surface area (Å²) in [7, 11) is 1.64. The zero-order valence-corrected chi connectivity index (χ0v) is 10.3. The molecule has 0 bridgehead atoms. The van der Waals surface area contributed by atoms with Gasteiger partial charge in [-0.05, 0) is 29.3 Å². The summed E-state index contributed by atoms with van der Waals surface area (Å²) in [6, 6.07) is 15.3. The molecule has 1 atom stereocenters. The number of ether oxygens (including phenoxy) is 1. The molecule has 0 aliphatic heterocycles. The van der Waals surface area contributed by atoms with Crippen molar-refractivity contribution in [1.82, 2.24) is 5.43 Å². The number of methoxy groups -OCH3 is 1. The molecular formula is C14H17N3O. The Labute approximate surface area is 107 Å². The predicted molar refractivity (Wildman–Crippen MR) is 73.0 cm³/mol. The molecule has 0 spiro atoms. The van der Waals surface area contributed by atoms with Crippen LogP contribution < -0.4 is 21.7 Å². The molecule has 0 saturated heterocycles. The van der Waals surface area contributed by atoms with Gasteiger partial charge in [-0.15, -0.1) is 0 Å². The Hall–Kier alpha value is -2.04. The third-order valence-corrected chi connectivity index (χ3v) is 2.92. The van der Waals surface area contributed by atoms with Gasteiger partial charge in [0.05, 0.1) is 13.2 Å². The smallest absolute Gasteiger partial charge is 0.118 e. The molecule has 0 amide bonds. The summed E-state index contributed by atoms with van der Waals surface area (Å²) in [5.41, 5.74) is 11.5. The van der Waals surface area contributed by atoms with Crippen molar-refractivity contribution in [3.05, 3.63) is 59.7 Å². The first kappa shape index (κ1) is 12.4. The van der Waals surface area contributed by atoms with Crippen molar-refractivity contribution >= 4 is 5.69 Å². The van der Waals surface area contributed by atoms with Crippen LogP contribution in [0.25, 0.3) is 0 Å². The molecule has 18 heavy (non-hydrogen) atoms. The van der Waals surface area contributed by atoms with Crippen molar-refractivity contribution in [2.75, 3.05) is 12.8 Å². The number of anilines is 1. The molecule has 2 rings (SSSR count). The van der Waals surface area contributed by atoms with Crippen LogP contribution in [0.4, 0.5) is 5.69 Å². The van der Waals surface area contributed by atoms with E-state index in [0.717, 1.165) is 22.6 Å². The maximum Gasteiger partial charge on any atom is 0.118 e. The van der Waals surface area contributed by atoms with E-state index >= 15 is 0 Å². The normalized spacial score (nSPS) is 12.1. The third-order valence-electron chi connectivity index (χ3n) is 2.92. The summed E-state index contributed by atoms with van der Waals surface area (Å²) in [5, 5.41) is 0. The van der Waals surface area contributed by atoms with Gasteiger partial charge in [-0.2, -0.15) is 0 Å². The Bertz CT molecular complexity index is 511. The van der Waals surface area contributed by atoms with Gasteiger partial charge < -0.3 is 10.5 Å². The number of hydrogen-bond acceptors (Lipinski definition) is 4. The number of rotatable bonds is 4. The summed E-state index contributed by atoms with van der Waals surface area (Å²) in [6.07, 6.45) is 0. The second-order valence-corrected chi connectivity index (χ2v) is 4.00. The van der Waals surface area contributed by atoms with Crippen LogP contribution in [-0.2, 0) is 0 Å². The van der Waals surface area contributed by atoms with Crippen LogP contribution in [0.5, 0.6) is 5.75 Å². The Kier molecular flexibility index (Phi) is 3.82. The van der Waals surface area contributed by atoms with E-state index in [2.05, 4.69) is 5.43 Å². The number of benzene rings is 2. The topological polar surface area (TPSA) is 73.3 Å². The number of nitrogens with two attached hydrogens (primary N) is 2. The Morgan fingerprint density at radius 1 is 1.06 bits per heavy atom. The van der Waals surface area contributed by atoms with E-state index in [1.807, 2.05) is 48.5 Å². The highest BCUT2D eigenvalue weighted by molar-refractivity contribution is 5.51. The second-order valence-electron chi connectivity index (χ2n) is 4.00. The Balaban J connectivity index is 2.36. The van der Waals surface area contributed by atoms with Crippen LogP contribution in [0.2, 0.25) is 0 Å². The molecule has 0 saturated carbocycles. The van der Waals surface area contributed by atoms with E-state index in [-0.39, 0.29) is 6.04 Å². The largest absolute Gasteiger partial charge is 0.497 e. The molecule has 5 N–H and O–H groups in total. The molecule has 2 aromatic carbocycles. The molecule has 0 aliphatic carbocycles. The zero-order chi connectivity index (χ0) is 13.0. The standard InChI is InChI=1S/C14H17N3O/c1-18-11-8-6-10(7-9-11)14(17-16)12-4-2-3-5-13(12)15/h2-9,14,17H,15-16H2,1H3. The maximum atomic E-state index is 5.97.